The van der Waals surface area contributed by atoms with E-state index in [9.17, 15) is 4.79 Å². The molecule has 0 radical (unpaired) electrons. The number of piperazine rings is 1. The first-order chi connectivity index (χ1) is 13.4. The Morgan fingerprint density at radius 1 is 1.07 bits per heavy atom. The molecular formula is C21H26Cl2N4O. The largest absolute Gasteiger partial charge is 0.353 e. The minimum atomic E-state index is -1.00. The molecule has 0 aliphatic carbocycles. The van der Waals surface area contributed by atoms with E-state index in [1.165, 1.54) is 16.7 Å². The Balaban J connectivity index is 1.87. The summed E-state index contributed by atoms with van der Waals surface area (Å²) in [5, 5.41) is 0. The molecule has 1 saturated heterocycles. The summed E-state index contributed by atoms with van der Waals surface area (Å²) >= 11 is 11.5. The molecule has 0 unspecified atom stereocenters. The number of carbonyl (C=O) groups is 1. The van der Waals surface area contributed by atoms with Crippen LogP contribution in [0.3, 0.4) is 0 Å². The second-order valence-corrected chi connectivity index (χ2v) is 8.24. The van der Waals surface area contributed by atoms with Crippen LogP contribution in [-0.4, -0.2) is 51.8 Å². The summed E-state index contributed by atoms with van der Waals surface area (Å²) in [7, 11) is 0. The number of hydrogen-bond donors (Lipinski definition) is 0. The number of nitrogens with zero attached hydrogens (tertiary/aromatic N) is 4. The SMILES string of the molecule is CCc1nc(C)nc(N2CCN(C(=O)C(Cl)Cl)CC2)c1Cc1ccc(C)cc1. The van der Waals surface area contributed by atoms with Gasteiger partial charge in [0, 0.05) is 43.9 Å². The molecule has 0 spiro atoms. The third-order valence-electron chi connectivity index (χ3n) is 5.10. The van der Waals surface area contributed by atoms with E-state index >= 15 is 0 Å². The van der Waals surface area contributed by atoms with Crippen molar-refractivity contribution in [2.75, 3.05) is 31.1 Å². The standard InChI is InChI=1S/C21H26Cl2N4O/c1-4-18-17(13-16-7-5-14(2)6-8-16)20(25-15(3)24-18)26-9-11-27(12-10-26)21(28)19(22)23/h5-8,19H,4,9-13H2,1-3H3. The number of rotatable bonds is 5. The third-order valence-corrected chi connectivity index (χ3v) is 5.47. The van der Waals surface area contributed by atoms with E-state index in [-0.39, 0.29) is 5.91 Å². The number of alkyl halides is 2. The predicted molar refractivity (Wildman–Crippen MR) is 114 cm³/mol. The molecule has 3 rings (SSSR count). The van der Waals surface area contributed by atoms with Crippen molar-refractivity contribution in [3.05, 3.63) is 52.5 Å². The second-order valence-electron chi connectivity index (χ2n) is 7.15. The topological polar surface area (TPSA) is 49.3 Å². The molecule has 0 saturated carbocycles. The molecular weight excluding hydrogens is 395 g/mol. The number of carbonyl (C=O) groups excluding carboxylic acids is 1. The van der Waals surface area contributed by atoms with E-state index in [0.29, 0.717) is 26.2 Å². The molecule has 1 aromatic carbocycles. The number of hydrogen-bond acceptors (Lipinski definition) is 4. The van der Waals surface area contributed by atoms with Gasteiger partial charge in [-0.15, -0.1) is 0 Å². The van der Waals surface area contributed by atoms with E-state index in [2.05, 4.69) is 43.0 Å². The van der Waals surface area contributed by atoms with Gasteiger partial charge in [0.15, 0.2) is 4.84 Å². The number of aromatic nitrogens is 2. The maximum absolute atomic E-state index is 12.0. The number of anilines is 1. The summed E-state index contributed by atoms with van der Waals surface area (Å²) in [5.41, 5.74) is 4.75. The molecule has 0 N–H and O–H groups in total. The highest BCUT2D eigenvalue weighted by Crippen LogP contribution is 2.26. The van der Waals surface area contributed by atoms with Crippen molar-refractivity contribution in [2.24, 2.45) is 0 Å². The van der Waals surface area contributed by atoms with Crippen LogP contribution in [0.2, 0.25) is 0 Å². The summed E-state index contributed by atoms with van der Waals surface area (Å²) in [5.74, 6) is 1.53. The van der Waals surface area contributed by atoms with Gasteiger partial charge in [-0.1, -0.05) is 60.0 Å². The lowest BCUT2D eigenvalue weighted by molar-refractivity contribution is -0.129. The van der Waals surface area contributed by atoms with Crippen LogP contribution >= 0.6 is 23.2 Å². The van der Waals surface area contributed by atoms with Gasteiger partial charge in [-0.05, 0) is 25.8 Å². The van der Waals surface area contributed by atoms with Crippen molar-refractivity contribution in [1.29, 1.82) is 0 Å². The number of benzene rings is 1. The fourth-order valence-corrected chi connectivity index (χ4v) is 3.84. The Morgan fingerprint density at radius 3 is 2.29 bits per heavy atom. The van der Waals surface area contributed by atoms with Crippen molar-refractivity contribution >= 4 is 34.9 Å². The maximum Gasteiger partial charge on any atom is 0.255 e. The van der Waals surface area contributed by atoms with Crippen molar-refractivity contribution in [1.82, 2.24) is 14.9 Å². The van der Waals surface area contributed by atoms with Crippen molar-refractivity contribution in [2.45, 2.75) is 38.4 Å². The van der Waals surface area contributed by atoms with Crippen LogP contribution in [0, 0.1) is 13.8 Å². The Bertz CT molecular complexity index is 831. The normalized spacial score (nSPS) is 14.6. The minimum absolute atomic E-state index is 0.226. The molecule has 150 valence electrons. The van der Waals surface area contributed by atoms with Gasteiger partial charge in [-0.3, -0.25) is 4.79 Å². The average Bonchev–Trinajstić information content (AvgIpc) is 2.70. The molecule has 2 heterocycles. The van der Waals surface area contributed by atoms with Crippen LogP contribution in [0.25, 0.3) is 0 Å². The van der Waals surface area contributed by atoms with Crippen LogP contribution in [-0.2, 0) is 17.6 Å². The molecule has 1 amide bonds. The predicted octanol–water partition coefficient (Wildman–Crippen LogP) is 3.70. The monoisotopic (exact) mass is 420 g/mol. The van der Waals surface area contributed by atoms with Gasteiger partial charge in [-0.25, -0.2) is 9.97 Å². The number of amides is 1. The average molecular weight is 421 g/mol. The summed E-state index contributed by atoms with van der Waals surface area (Å²) in [4.78, 5) is 24.5. The molecule has 28 heavy (non-hydrogen) atoms. The van der Waals surface area contributed by atoms with Gasteiger partial charge in [0.05, 0.1) is 0 Å². The van der Waals surface area contributed by atoms with Gasteiger partial charge in [0.1, 0.15) is 11.6 Å². The molecule has 7 heteroatoms. The fraction of sp³-hybridized carbons (Fsp3) is 0.476. The molecule has 1 fully saturated rings. The molecule has 0 bridgehead atoms. The first-order valence-electron chi connectivity index (χ1n) is 9.62. The second kappa shape index (κ2) is 9.10. The van der Waals surface area contributed by atoms with Gasteiger partial charge < -0.3 is 9.80 Å². The first kappa shape index (κ1) is 20.9. The van der Waals surface area contributed by atoms with Crippen molar-refractivity contribution < 1.29 is 4.79 Å². The highest BCUT2D eigenvalue weighted by molar-refractivity contribution is 6.53. The highest BCUT2D eigenvalue weighted by Gasteiger charge is 2.27. The summed E-state index contributed by atoms with van der Waals surface area (Å²) in [6.45, 7) is 8.73. The zero-order valence-electron chi connectivity index (χ0n) is 16.6. The quantitative estimate of drug-likeness (QED) is 0.691. The van der Waals surface area contributed by atoms with Gasteiger partial charge in [0.2, 0.25) is 0 Å². The zero-order chi connectivity index (χ0) is 20.3. The highest BCUT2D eigenvalue weighted by atomic mass is 35.5. The molecule has 1 aromatic heterocycles. The van der Waals surface area contributed by atoms with E-state index in [1.54, 1.807) is 4.90 Å². The summed E-state index contributed by atoms with van der Waals surface area (Å²) in [6, 6.07) is 8.59. The maximum atomic E-state index is 12.0. The molecule has 1 aliphatic rings. The van der Waals surface area contributed by atoms with Gasteiger partial charge in [-0.2, -0.15) is 0 Å². The lowest BCUT2D eigenvalue weighted by atomic mass is 10.0. The van der Waals surface area contributed by atoms with E-state index in [0.717, 1.165) is 30.2 Å². The zero-order valence-corrected chi connectivity index (χ0v) is 18.1. The van der Waals surface area contributed by atoms with E-state index < -0.39 is 4.84 Å². The Kier molecular flexibility index (Phi) is 6.78. The Hall–Kier alpha value is -1.85. The van der Waals surface area contributed by atoms with Crippen LogP contribution in [0.15, 0.2) is 24.3 Å². The Morgan fingerprint density at radius 2 is 1.71 bits per heavy atom. The summed E-state index contributed by atoms with van der Waals surface area (Å²) < 4.78 is 0. The molecule has 5 nitrogen and oxygen atoms in total. The van der Waals surface area contributed by atoms with Gasteiger partial charge in [0.25, 0.3) is 5.91 Å². The fourth-order valence-electron chi connectivity index (χ4n) is 3.56. The Labute approximate surface area is 176 Å². The first-order valence-corrected chi connectivity index (χ1v) is 10.5. The molecule has 0 atom stereocenters. The van der Waals surface area contributed by atoms with E-state index in [4.69, 9.17) is 33.2 Å². The number of aryl methyl sites for hydroxylation is 3. The van der Waals surface area contributed by atoms with E-state index in [1.807, 2.05) is 6.92 Å². The van der Waals surface area contributed by atoms with Crippen molar-refractivity contribution in [3.8, 4) is 0 Å². The van der Waals surface area contributed by atoms with Crippen LogP contribution < -0.4 is 4.90 Å². The smallest absolute Gasteiger partial charge is 0.255 e. The summed E-state index contributed by atoms with van der Waals surface area (Å²) in [6.07, 6.45) is 1.65. The third kappa shape index (κ3) is 4.76. The lowest BCUT2D eigenvalue weighted by Crippen LogP contribution is -2.50. The lowest BCUT2D eigenvalue weighted by Gasteiger charge is -2.36. The molecule has 2 aromatic rings. The van der Waals surface area contributed by atoms with Gasteiger partial charge >= 0.3 is 0 Å². The number of halogens is 2. The molecule has 1 aliphatic heterocycles. The minimum Gasteiger partial charge on any atom is -0.353 e. The van der Waals surface area contributed by atoms with Crippen molar-refractivity contribution in [3.63, 3.8) is 0 Å². The van der Waals surface area contributed by atoms with Crippen LogP contribution in [0.5, 0.6) is 0 Å². The van der Waals surface area contributed by atoms with Crippen LogP contribution in [0.1, 0.15) is 35.1 Å². The van der Waals surface area contributed by atoms with Crippen LogP contribution in [0.4, 0.5) is 5.82 Å².